The first-order chi connectivity index (χ1) is 7.08. The van der Waals surface area contributed by atoms with Crippen LogP contribution in [0.2, 0.25) is 0 Å². The Balaban J connectivity index is 2.41. The van der Waals surface area contributed by atoms with Crippen LogP contribution < -0.4 is 5.73 Å². The Morgan fingerprint density at radius 1 is 1.47 bits per heavy atom. The van der Waals surface area contributed by atoms with E-state index in [0.717, 1.165) is 13.1 Å². The smallest absolute Gasteiger partial charge is 0.249 e. The molecule has 2 heterocycles. The topological polar surface area (TPSA) is 64.9 Å². The highest BCUT2D eigenvalue weighted by Gasteiger charge is 2.16. The summed E-state index contributed by atoms with van der Waals surface area (Å²) >= 11 is 8.38. The monoisotopic (exact) mass is 351 g/mol. The van der Waals surface area contributed by atoms with Crippen molar-refractivity contribution in [2.75, 3.05) is 0 Å². The number of aromatic nitrogens is 2. The van der Waals surface area contributed by atoms with Crippen LogP contribution in [0.3, 0.4) is 0 Å². The van der Waals surface area contributed by atoms with Gasteiger partial charge < -0.3 is 10.2 Å². The number of nitrogens with zero attached hydrogens (tertiary/aromatic N) is 2. The fourth-order valence-corrected chi connectivity index (χ4v) is 3.79. The first-order valence-electron chi connectivity index (χ1n) is 4.12. The summed E-state index contributed by atoms with van der Waals surface area (Å²) in [6.45, 7) is 1.80. The molecular weight excluding hydrogens is 346 g/mol. The van der Waals surface area contributed by atoms with E-state index in [1.54, 1.807) is 18.3 Å². The number of nitrogens with two attached hydrogens (primary N) is 1. The number of halogens is 2. The minimum absolute atomic E-state index is 0.243. The standard InChI is InChI=1S/C8H7Br2N3OS/c1-3(11)7-12-13-8(14-7)4-2-5(9)15-6(4)10/h2-3H,11H2,1H3. The van der Waals surface area contributed by atoms with Crippen LogP contribution in [0.4, 0.5) is 0 Å². The molecule has 0 aliphatic heterocycles. The number of hydrogen-bond donors (Lipinski definition) is 1. The highest BCUT2D eigenvalue weighted by Crippen LogP contribution is 2.38. The lowest BCUT2D eigenvalue weighted by molar-refractivity contribution is 0.473. The van der Waals surface area contributed by atoms with Crippen LogP contribution >= 0.6 is 43.2 Å². The fraction of sp³-hybridized carbons (Fsp3) is 0.250. The predicted molar refractivity (Wildman–Crippen MR) is 65.6 cm³/mol. The summed E-state index contributed by atoms with van der Waals surface area (Å²) < 4.78 is 7.39. The van der Waals surface area contributed by atoms with Gasteiger partial charge in [-0.25, -0.2) is 0 Å². The van der Waals surface area contributed by atoms with Gasteiger partial charge in [-0.15, -0.1) is 21.5 Å². The summed E-state index contributed by atoms with van der Waals surface area (Å²) in [5.74, 6) is 0.926. The first-order valence-corrected chi connectivity index (χ1v) is 6.52. The second kappa shape index (κ2) is 4.32. The molecule has 0 aliphatic rings. The van der Waals surface area contributed by atoms with Gasteiger partial charge in [-0.2, -0.15) is 0 Å². The van der Waals surface area contributed by atoms with Crippen molar-refractivity contribution in [3.05, 3.63) is 19.5 Å². The van der Waals surface area contributed by atoms with Crippen LogP contribution in [0.5, 0.6) is 0 Å². The summed E-state index contributed by atoms with van der Waals surface area (Å²) in [5.41, 5.74) is 6.51. The maximum absolute atomic E-state index is 5.63. The Bertz CT molecular complexity index is 480. The Hall–Kier alpha value is -0.240. The predicted octanol–water partition coefficient (Wildman–Crippen LogP) is 3.34. The van der Waals surface area contributed by atoms with Crippen LogP contribution in [0.25, 0.3) is 11.5 Å². The molecule has 2 aromatic rings. The van der Waals surface area contributed by atoms with Gasteiger partial charge in [0, 0.05) is 0 Å². The second-order valence-electron chi connectivity index (χ2n) is 2.97. The van der Waals surface area contributed by atoms with Crippen LogP contribution in [0, 0.1) is 0 Å². The van der Waals surface area contributed by atoms with Crippen molar-refractivity contribution in [1.29, 1.82) is 0 Å². The fourth-order valence-electron chi connectivity index (χ4n) is 1.01. The molecule has 0 fully saturated rings. The molecule has 0 radical (unpaired) electrons. The van der Waals surface area contributed by atoms with Crippen LogP contribution in [-0.2, 0) is 0 Å². The van der Waals surface area contributed by atoms with Crippen molar-refractivity contribution in [3.8, 4) is 11.5 Å². The van der Waals surface area contributed by atoms with Crippen LogP contribution in [0.15, 0.2) is 18.1 Å². The molecule has 4 nitrogen and oxygen atoms in total. The summed E-state index contributed by atoms with van der Waals surface area (Å²) in [6.07, 6.45) is 0. The lowest BCUT2D eigenvalue weighted by Gasteiger charge is -1.94. The zero-order chi connectivity index (χ0) is 11.0. The second-order valence-corrected chi connectivity index (χ2v) is 6.72. The molecule has 0 amide bonds. The molecule has 15 heavy (non-hydrogen) atoms. The molecule has 80 valence electrons. The van der Waals surface area contributed by atoms with Gasteiger partial charge in [-0.05, 0) is 44.8 Å². The number of hydrogen-bond acceptors (Lipinski definition) is 5. The van der Waals surface area contributed by atoms with E-state index in [1.165, 1.54) is 0 Å². The van der Waals surface area contributed by atoms with Crippen LogP contribution in [-0.4, -0.2) is 10.2 Å². The van der Waals surface area contributed by atoms with Crippen molar-refractivity contribution in [1.82, 2.24) is 10.2 Å². The molecule has 7 heteroatoms. The van der Waals surface area contributed by atoms with Gasteiger partial charge in [-0.1, -0.05) is 0 Å². The lowest BCUT2D eigenvalue weighted by atomic mass is 10.3. The average molecular weight is 353 g/mol. The molecule has 2 aromatic heterocycles. The van der Waals surface area contributed by atoms with E-state index in [2.05, 4.69) is 42.1 Å². The van der Waals surface area contributed by atoms with Crippen LogP contribution in [0.1, 0.15) is 18.9 Å². The highest BCUT2D eigenvalue weighted by molar-refractivity contribution is 9.12. The summed E-state index contributed by atoms with van der Waals surface area (Å²) in [7, 11) is 0. The van der Waals surface area contributed by atoms with Gasteiger partial charge in [0.05, 0.1) is 19.2 Å². The van der Waals surface area contributed by atoms with E-state index in [4.69, 9.17) is 10.2 Å². The van der Waals surface area contributed by atoms with E-state index >= 15 is 0 Å². The zero-order valence-corrected chi connectivity index (χ0v) is 11.7. The molecule has 2 N–H and O–H groups in total. The molecular formula is C8H7Br2N3OS. The minimum atomic E-state index is -0.243. The van der Waals surface area contributed by atoms with Crippen molar-refractivity contribution in [2.24, 2.45) is 5.73 Å². The normalized spacial score (nSPS) is 13.1. The van der Waals surface area contributed by atoms with Crippen molar-refractivity contribution >= 4 is 43.2 Å². The minimum Gasteiger partial charge on any atom is -0.419 e. The SMILES string of the molecule is CC(N)c1nnc(-c2cc(Br)sc2Br)o1. The van der Waals surface area contributed by atoms with Crippen molar-refractivity contribution in [2.45, 2.75) is 13.0 Å². The largest absolute Gasteiger partial charge is 0.419 e. The van der Waals surface area contributed by atoms with Gasteiger partial charge in [-0.3, -0.25) is 0 Å². The Morgan fingerprint density at radius 3 is 2.67 bits per heavy atom. The van der Waals surface area contributed by atoms with E-state index in [0.29, 0.717) is 11.8 Å². The maximum Gasteiger partial charge on any atom is 0.249 e. The Kier molecular flexibility index (Phi) is 3.24. The Morgan fingerprint density at radius 2 is 2.20 bits per heavy atom. The van der Waals surface area contributed by atoms with Gasteiger partial charge in [0.15, 0.2) is 0 Å². The molecule has 0 spiro atoms. The first kappa shape index (κ1) is 11.3. The van der Waals surface area contributed by atoms with Gasteiger partial charge in [0.2, 0.25) is 11.8 Å². The van der Waals surface area contributed by atoms with Gasteiger partial charge >= 0.3 is 0 Å². The molecule has 0 saturated carbocycles. The summed E-state index contributed by atoms with van der Waals surface area (Å²) in [4.78, 5) is 0. The van der Waals surface area contributed by atoms with E-state index in [1.807, 2.05) is 6.07 Å². The third kappa shape index (κ3) is 2.30. The van der Waals surface area contributed by atoms with Crippen molar-refractivity contribution in [3.63, 3.8) is 0 Å². The molecule has 0 bridgehead atoms. The van der Waals surface area contributed by atoms with E-state index in [9.17, 15) is 0 Å². The summed E-state index contributed by atoms with van der Waals surface area (Å²) in [6, 6.07) is 1.68. The van der Waals surface area contributed by atoms with Gasteiger partial charge in [0.25, 0.3) is 0 Å². The molecule has 2 rings (SSSR count). The third-order valence-electron chi connectivity index (χ3n) is 1.72. The van der Waals surface area contributed by atoms with E-state index in [-0.39, 0.29) is 6.04 Å². The highest BCUT2D eigenvalue weighted by atomic mass is 79.9. The molecule has 1 atom stereocenters. The van der Waals surface area contributed by atoms with Gasteiger partial charge in [0.1, 0.15) is 0 Å². The zero-order valence-electron chi connectivity index (χ0n) is 7.70. The molecule has 0 saturated heterocycles. The third-order valence-corrected chi connectivity index (χ3v) is 4.06. The van der Waals surface area contributed by atoms with Crippen molar-refractivity contribution < 1.29 is 4.42 Å². The Labute approximate surface area is 107 Å². The number of thiophene rings is 1. The average Bonchev–Trinajstić information content (AvgIpc) is 2.71. The quantitative estimate of drug-likeness (QED) is 0.900. The lowest BCUT2D eigenvalue weighted by Crippen LogP contribution is -2.04. The number of rotatable bonds is 2. The van der Waals surface area contributed by atoms with E-state index < -0.39 is 0 Å². The molecule has 0 aromatic carbocycles. The summed E-state index contributed by atoms with van der Waals surface area (Å²) in [5, 5.41) is 7.81. The maximum atomic E-state index is 5.63. The molecule has 1 unspecified atom stereocenters. The molecule has 0 aliphatic carbocycles.